The van der Waals surface area contributed by atoms with Gasteiger partial charge in [0.25, 0.3) is 0 Å². The summed E-state index contributed by atoms with van der Waals surface area (Å²) < 4.78 is 0. The number of hydrogen-bond donors (Lipinski definition) is 2. The summed E-state index contributed by atoms with van der Waals surface area (Å²) in [6.07, 6.45) is 5.98. The Labute approximate surface area is 115 Å². The van der Waals surface area contributed by atoms with Gasteiger partial charge in [-0.2, -0.15) is 0 Å². The molecule has 0 spiro atoms. The van der Waals surface area contributed by atoms with Gasteiger partial charge >= 0.3 is 6.03 Å². The van der Waals surface area contributed by atoms with Crippen LogP contribution >= 0.6 is 0 Å². The monoisotopic (exact) mass is 261 g/mol. The molecule has 1 aromatic rings. The van der Waals surface area contributed by atoms with Crippen molar-refractivity contribution in [2.75, 3.05) is 12.8 Å². The number of nitrogens with zero attached hydrogens (tertiary/aromatic N) is 1. The SMILES string of the molecule is CN(Cc1ccc(N)cc1)C(=O)NC1CCCCC1. The van der Waals surface area contributed by atoms with Crippen molar-refractivity contribution in [2.45, 2.75) is 44.7 Å². The molecular formula is C15H23N3O. The number of carbonyl (C=O) groups excluding carboxylic acids is 1. The summed E-state index contributed by atoms with van der Waals surface area (Å²) in [7, 11) is 1.83. The fraction of sp³-hybridized carbons (Fsp3) is 0.533. The van der Waals surface area contributed by atoms with E-state index in [9.17, 15) is 4.79 Å². The van der Waals surface area contributed by atoms with Crippen LogP contribution in [-0.4, -0.2) is 24.0 Å². The van der Waals surface area contributed by atoms with E-state index in [2.05, 4.69) is 5.32 Å². The molecule has 2 rings (SSSR count). The van der Waals surface area contributed by atoms with E-state index in [1.54, 1.807) is 4.90 Å². The quantitative estimate of drug-likeness (QED) is 0.822. The summed E-state index contributed by atoms with van der Waals surface area (Å²) in [6, 6.07) is 8.02. The van der Waals surface area contributed by atoms with Crippen LogP contribution in [0.15, 0.2) is 24.3 Å². The van der Waals surface area contributed by atoms with Gasteiger partial charge in [-0.05, 0) is 30.5 Å². The second kappa shape index (κ2) is 6.45. The minimum Gasteiger partial charge on any atom is -0.399 e. The number of carbonyl (C=O) groups is 1. The molecule has 4 heteroatoms. The first-order valence-corrected chi connectivity index (χ1v) is 7.01. The third-order valence-corrected chi connectivity index (χ3v) is 3.68. The van der Waals surface area contributed by atoms with Crippen molar-refractivity contribution in [3.05, 3.63) is 29.8 Å². The first-order valence-electron chi connectivity index (χ1n) is 7.01. The molecule has 1 aliphatic rings. The number of amides is 2. The van der Waals surface area contributed by atoms with E-state index in [1.165, 1.54) is 19.3 Å². The Balaban J connectivity index is 1.83. The lowest BCUT2D eigenvalue weighted by atomic mass is 9.96. The first kappa shape index (κ1) is 13.7. The molecule has 0 aliphatic heterocycles. The van der Waals surface area contributed by atoms with E-state index >= 15 is 0 Å². The summed E-state index contributed by atoms with van der Waals surface area (Å²) in [5.74, 6) is 0. The molecule has 19 heavy (non-hydrogen) atoms. The lowest BCUT2D eigenvalue weighted by Crippen LogP contribution is -2.43. The fourth-order valence-corrected chi connectivity index (χ4v) is 2.50. The predicted octanol–water partition coefficient (Wildman–Crippen LogP) is 2.74. The molecule has 0 saturated heterocycles. The summed E-state index contributed by atoms with van der Waals surface area (Å²) in [5, 5.41) is 3.11. The molecule has 1 saturated carbocycles. The Morgan fingerprint density at radius 2 is 1.89 bits per heavy atom. The molecule has 2 amide bonds. The molecule has 0 aromatic heterocycles. The lowest BCUT2D eigenvalue weighted by molar-refractivity contribution is 0.198. The zero-order chi connectivity index (χ0) is 13.7. The average Bonchev–Trinajstić information content (AvgIpc) is 2.42. The number of nitrogen functional groups attached to an aromatic ring is 1. The third-order valence-electron chi connectivity index (χ3n) is 3.68. The van der Waals surface area contributed by atoms with E-state index in [0.29, 0.717) is 12.6 Å². The zero-order valence-corrected chi connectivity index (χ0v) is 11.6. The summed E-state index contributed by atoms with van der Waals surface area (Å²) in [6.45, 7) is 0.610. The number of hydrogen-bond acceptors (Lipinski definition) is 2. The molecule has 104 valence electrons. The first-order chi connectivity index (χ1) is 9.15. The van der Waals surface area contributed by atoms with Crippen LogP contribution in [-0.2, 0) is 6.54 Å². The maximum absolute atomic E-state index is 12.1. The number of urea groups is 1. The van der Waals surface area contributed by atoms with Crippen LogP contribution in [0.4, 0.5) is 10.5 Å². The van der Waals surface area contributed by atoms with Crippen molar-refractivity contribution in [2.24, 2.45) is 0 Å². The van der Waals surface area contributed by atoms with Crippen LogP contribution in [0.2, 0.25) is 0 Å². The summed E-state index contributed by atoms with van der Waals surface area (Å²) in [5.41, 5.74) is 7.49. The lowest BCUT2D eigenvalue weighted by Gasteiger charge is -2.26. The average molecular weight is 261 g/mol. The molecular weight excluding hydrogens is 238 g/mol. The number of nitrogens with two attached hydrogens (primary N) is 1. The van der Waals surface area contributed by atoms with Crippen molar-refractivity contribution >= 4 is 11.7 Å². The Morgan fingerprint density at radius 3 is 2.53 bits per heavy atom. The molecule has 0 unspecified atom stereocenters. The summed E-state index contributed by atoms with van der Waals surface area (Å²) in [4.78, 5) is 13.8. The summed E-state index contributed by atoms with van der Waals surface area (Å²) >= 11 is 0. The van der Waals surface area contributed by atoms with Crippen molar-refractivity contribution < 1.29 is 4.79 Å². The highest BCUT2D eigenvalue weighted by atomic mass is 16.2. The van der Waals surface area contributed by atoms with Crippen molar-refractivity contribution in [3.63, 3.8) is 0 Å². The van der Waals surface area contributed by atoms with Crippen LogP contribution in [0.3, 0.4) is 0 Å². The number of nitrogens with one attached hydrogen (secondary N) is 1. The Morgan fingerprint density at radius 1 is 1.26 bits per heavy atom. The number of benzene rings is 1. The van der Waals surface area contributed by atoms with Gasteiger partial charge in [0.2, 0.25) is 0 Å². The van der Waals surface area contributed by atoms with E-state index in [4.69, 9.17) is 5.73 Å². The van der Waals surface area contributed by atoms with Gasteiger partial charge in [0.15, 0.2) is 0 Å². The molecule has 1 fully saturated rings. The topological polar surface area (TPSA) is 58.4 Å². The van der Waals surface area contributed by atoms with E-state index in [0.717, 1.165) is 24.1 Å². The largest absolute Gasteiger partial charge is 0.399 e. The Hall–Kier alpha value is -1.71. The van der Waals surface area contributed by atoms with Crippen LogP contribution in [0, 0.1) is 0 Å². The number of anilines is 1. The van der Waals surface area contributed by atoms with Gasteiger partial charge in [-0.15, -0.1) is 0 Å². The molecule has 0 bridgehead atoms. The fourth-order valence-electron chi connectivity index (χ4n) is 2.50. The minimum atomic E-state index is 0.0173. The maximum Gasteiger partial charge on any atom is 0.317 e. The second-order valence-electron chi connectivity index (χ2n) is 5.38. The van der Waals surface area contributed by atoms with Gasteiger partial charge in [-0.25, -0.2) is 4.79 Å². The number of rotatable bonds is 3. The Kier molecular flexibility index (Phi) is 4.66. The van der Waals surface area contributed by atoms with E-state index in [1.807, 2.05) is 31.3 Å². The van der Waals surface area contributed by atoms with Crippen LogP contribution in [0.5, 0.6) is 0 Å². The highest BCUT2D eigenvalue weighted by Gasteiger charge is 2.17. The van der Waals surface area contributed by atoms with E-state index in [-0.39, 0.29) is 6.03 Å². The molecule has 1 aliphatic carbocycles. The Bertz CT molecular complexity index is 410. The zero-order valence-electron chi connectivity index (χ0n) is 11.6. The third kappa shape index (κ3) is 4.16. The van der Waals surface area contributed by atoms with Crippen LogP contribution in [0.1, 0.15) is 37.7 Å². The van der Waals surface area contributed by atoms with Crippen molar-refractivity contribution in [1.82, 2.24) is 10.2 Å². The van der Waals surface area contributed by atoms with Gasteiger partial charge in [0, 0.05) is 25.3 Å². The highest BCUT2D eigenvalue weighted by molar-refractivity contribution is 5.74. The van der Waals surface area contributed by atoms with Gasteiger partial charge in [-0.3, -0.25) is 0 Å². The van der Waals surface area contributed by atoms with Gasteiger partial charge in [0.05, 0.1) is 0 Å². The van der Waals surface area contributed by atoms with E-state index < -0.39 is 0 Å². The van der Waals surface area contributed by atoms with Crippen molar-refractivity contribution in [1.29, 1.82) is 0 Å². The molecule has 4 nitrogen and oxygen atoms in total. The highest BCUT2D eigenvalue weighted by Crippen LogP contribution is 2.17. The molecule has 0 heterocycles. The smallest absolute Gasteiger partial charge is 0.317 e. The molecule has 1 aromatic carbocycles. The molecule has 0 atom stereocenters. The second-order valence-corrected chi connectivity index (χ2v) is 5.38. The maximum atomic E-state index is 12.1. The minimum absolute atomic E-state index is 0.0173. The van der Waals surface area contributed by atoms with Gasteiger partial charge < -0.3 is 16.0 Å². The standard InChI is InChI=1S/C15H23N3O/c1-18(11-12-7-9-13(16)10-8-12)15(19)17-14-5-3-2-4-6-14/h7-10,14H,2-6,11,16H2,1H3,(H,17,19). The van der Waals surface area contributed by atoms with Gasteiger partial charge in [-0.1, -0.05) is 31.4 Å². The predicted molar refractivity (Wildman–Crippen MR) is 77.7 cm³/mol. The normalized spacial score (nSPS) is 16.1. The van der Waals surface area contributed by atoms with Crippen molar-refractivity contribution in [3.8, 4) is 0 Å². The van der Waals surface area contributed by atoms with Gasteiger partial charge in [0.1, 0.15) is 0 Å². The van der Waals surface area contributed by atoms with Crippen LogP contribution < -0.4 is 11.1 Å². The molecule has 3 N–H and O–H groups in total. The van der Waals surface area contributed by atoms with Crippen LogP contribution in [0.25, 0.3) is 0 Å². The molecule has 0 radical (unpaired) electrons.